The second kappa shape index (κ2) is 8.82. The number of hydrogen-bond acceptors (Lipinski definition) is 6. The number of H-pyrrole nitrogens is 3. The third-order valence-electron chi connectivity index (χ3n) is 5.02. The Balaban J connectivity index is 2.14. The predicted octanol–water partition coefficient (Wildman–Crippen LogP) is -2.36. The van der Waals surface area contributed by atoms with Gasteiger partial charge in [-0.2, -0.15) is 0 Å². The lowest BCUT2D eigenvalue weighted by Gasteiger charge is -2.04. The van der Waals surface area contributed by atoms with Crippen molar-refractivity contribution in [2.75, 3.05) is 26.2 Å². The molecule has 4 aromatic rings. The summed E-state index contributed by atoms with van der Waals surface area (Å²) in [5.41, 5.74) is 21.9. The SMILES string of the molecule is NC(N)=NCCN=c1c2[nH][nH][nH]c2c(=NCCN=C(N)N)c2c(=O)c3ccccc3c(=O)c12. The van der Waals surface area contributed by atoms with Gasteiger partial charge in [0.2, 0.25) is 0 Å². The predicted molar refractivity (Wildman–Crippen MR) is 128 cm³/mol. The van der Waals surface area contributed by atoms with Crippen molar-refractivity contribution in [3.8, 4) is 0 Å². The molecule has 0 aliphatic carbocycles. The van der Waals surface area contributed by atoms with Gasteiger partial charge in [0.25, 0.3) is 0 Å². The highest BCUT2D eigenvalue weighted by Gasteiger charge is 2.18. The molecular weight excluding hydrogens is 426 g/mol. The van der Waals surface area contributed by atoms with Gasteiger partial charge in [0, 0.05) is 10.8 Å². The maximum absolute atomic E-state index is 13.5. The number of aromatic nitrogens is 3. The van der Waals surface area contributed by atoms with Crippen molar-refractivity contribution in [3.63, 3.8) is 0 Å². The van der Waals surface area contributed by atoms with Crippen molar-refractivity contribution in [1.29, 1.82) is 0 Å². The molecule has 0 aliphatic rings. The topological polar surface area (TPSA) is 235 Å². The first-order chi connectivity index (χ1) is 15.9. The summed E-state index contributed by atoms with van der Waals surface area (Å²) in [5, 5.41) is 10.3. The molecule has 1 heterocycles. The molecule has 0 saturated heterocycles. The number of nitrogens with two attached hydrogens (primary N) is 4. The van der Waals surface area contributed by atoms with Crippen LogP contribution in [0.2, 0.25) is 0 Å². The zero-order chi connectivity index (χ0) is 23.5. The molecule has 1 aromatic heterocycles. The van der Waals surface area contributed by atoms with Gasteiger partial charge in [-0.05, 0) is 0 Å². The normalized spacial score (nSPS) is 12.6. The molecule has 0 bridgehead atoms. The van der Waals surface area contributed by atoms with E-state index in [0.29, 0.717) is 32.5 Å². The summed E-state index contributed by atoms with van der Waals surface area (Å²) in [7, 11) is 0. The minimum atomic E-state index is -0.321. The Morgan fingerprint density at radius 2 is 1.12 bits per heavy atom. The van der Waals surface area contributed by atoms with Crippen molar-refractivity contribution in [1.82, 2.24) is 15.4 Å². The number of rotatable bonds is 6. The lowest BCUT2D eigenvalue weighted by molar-refractivity contribution is 0.934. The number of fused-ring (bicyclic) bond motifs is 3. The molecule has 3 aromatic carbocycles. The fourth-order valence-electron chi connectivity index (χ4n) is 3.71. The molecule has 33 heavy (non-hydrogen) atoms. The number of aliphatic imine (C=N–C) groups is 2. The zero-order valence-electron chi connectivity index (χ0n) is 17.6. The average molecular weight is 449 g/mol. The largest absolute Gasteiger partial charge is 0.370 e. The van der Waals surface area contributed by atoms with Crippen LogP contribution < -0.4 is 44.5 Å². The molecule has 0 saturated carbocycles. The molecular formula is C20H23N11O2. The average Bonchev–Trinajstić information content (AvgIpc) is 3.27. The standard InChI is InChI=1S/C20H23N11O2/c21-19(22)27-7-5-25-13-11-12(18(33)10-4-2-1-3-9(10)17(11)32)14(16-15(13)29-31-30-16)26-6-8-28-20(23)24/h1-4,29-31H,5-8H2,(H4,21,22,27)(H4,23,24,28). The van der Waals surface area contributed by atoms with Crippen molar-refractivity contribution in [3.05, 3.63) is 55.4 Å². The van der Waals surface area contributed by atoms with E-state index in [1.54, 1.807) is 24.3 Å². The fourth-order valence-corrected chi connectivity index (χ4v) is 3.71. The molecule has 0 fully saturated rings. The number of nitrogens with zero attached hydrogens (tertiary/aromatic N) is 4. The number of nitrogens with one attached hydrogen (secondary N) is 3. The highest BCUT2D eigenvalue weighted by molar-refractivity contribution is 6.02. The van der Waals surface area contributed by atoms with Crippen LogP contribution in [0.15, 0.2) is 53.8 Å². The van der Waals surface area contributed by atoms with E-state index in [-0.39, 0.29) is 59.7 Å². The van der Waals surface area contributed by atoms with Crippen LogP contribution in [0.4, 0.5) is 0 Å². The van der Waals surface area contributed by atoms with Gasteiger partial charge in [-0.15, -0.1) is 0 Å². The van der Waals surface area contributed by atoms with Gasteiger partial charge >= 0.3 is 0 Å². The van der Waals surface area contributed by atoms with Gasteiger partial charge in [0.1, 0.15) is 11.0 Å². The van der Waals surface area contributed by atoms with E-state index in [1.165, 1.54) is 0 Å². The maximum atomic E-state index is 13.5. The first kappa shape index (κ1) is 21.5. The highest BCUT2D eigenvalue weighted by atomic mass is 16.1. The van der Waals surface area contributed by atoms with E-state index in [2.05, 4.69) is 35.4 Å². The van der Waals surface area contributed by atoms with E-state index in [4.69, 9.17) is 22.9 Å². The minimum Gasteiger partial charge on any atom is -0.370 e. The summed E-state index contributed by atoms with van der Waals surface area (Å²) >= 11 is 0. The summed E-state index contributed by atoms with van der Waals surface area (Å²) in [4.78, 5) is 44.0. The minimum absolute atomic E-state index is 0.0611. The lowest BCUT2D eigenvalue weighted by atomic mass is 10.00. The summed E-state index contributed by atoms with van der Waals surface area (Å²) in [6, 6.07) is 6.66. The third-order valence-corrected chi connectivity index (χ3v) is 5.02. The number of aromatic amines is 3. The monoisotopic (exact) mass is 449 g/mol. The molecule has 0 spiro atoms. The van der Waals surface area contributed by atoms with Gasteiger partial charge < -0.3 is 22.9 Å². The molecule has 0 aliphatic heterocycles. The van der Waals surface area contributed by atoms with Crippen LogP contribution >= 0.6 is 0 Å². The smallest absolute Gasteiger partial charge is 0.196 e. The Morgan fingerprint density at radius 3 is 1.52 bits per heavy atom. The zero-order valence-corrected chi connectivity index (χ0v) is 17.6. The molecule has 13 nitrogen and oxygen atoms in total. The van der Waals surface area contributed by atoms with E-state index in [9.17, 15) is 9.59 Å². The van der Waals surface area contributed by atoms with Crippen molar-refractivity contribution in [2.24, 2.45) is 42.9 Å². The van der Waals surface area contributed by atoms with E-state index in [1.807, 2.05) is 0 Å². The third kappa shape index (κ3) is 3.98. The van der Waals surface area contributed by atoms with Crippen molar-refractivity contribution >= 4 is 44.5 Å². The van der Waals surface area contributed by atoms with Crippen LogP contribution in [0, 0.1) is 0 Å². The Kier molecular flexibility index (Phi) is 5.76. The molecule has 170 valence electrons. The van der Waals surface area contributed by atoms with Crippen molar-refractivity contribution in [2.45, 2.75) is 0 Å². The Labute approximate surface area is 185 Å². The maximum Gasteiger partial charge on any atom is 0.196 e. The van der Waals surface area contributed by atoms with Crippen LogP contribution in [0.5, 0.6) is 0 Å². The second-order valence-corrected chi connectivity index (χ2v) is 7.15. The van der Waals surface area contributed by atoms with E-state index in [0.717, 1.165) is 0 Å². The number of benzene rings is 3. The summed E-state index contributed by atoms with van der Waals surface area (Å²) in [5.74, 6) is -0.122. The van der Waals surface area contributed by atoms with E-state index < -0.39 is 0 Å². The molecule has 4 rings (SSSR count). The highest BCUT2D eigenvalue weighted by Crippen LogP contribution is 2.11. The van der Waals surface area contributed by atoms with E-state index >= 15 is 0 Å². The van der Waals surface area contributed by atoms with Crippen LogP contribution in [0.25, 0.3) is 32.6 Å². The lowest BCUT2D eigenvalue weighted by Crippen LogP contribution is -2.29. The van der Waals surface area contributed by atoms with Gasteiger partial charge in [-0.25, -0.2) is 5.21 Å². The summed E-state index contributed by atoms with van der Waals surface area (Å²) < 4.78 is 0. The molecule has 0 radical (unpaired) electrons. The number of guanidine groups is 2. The molecule has 11 N–H and O–H groups in total. The molecule has 0 unspecified atom stereocenters. The van der Waals surface area contributed by atoms with Gasteiger partial charge in [0.05, 0.1) is 47.7 Å². The van der Waals surface area contributed by atoms with Crippen molar-refractivity contribution < 1.29 is 0 Å². The summed E-state index contributed by atoms with van der Waals surface area (Å²) in [6.07, 6.45) is 0. The molecule has 0 atom stereocenters. The second-order valence-electron chi connectivity index (χ2n) is 7.15. The molecule has 0 amide bonds. The Morgan fingerprint density at radius 1 is 0.697 bits per heavy atom. The fraction of sp³-hybridized carbons (Fsp3) is 0.200. The Bertz CT molecular complexity index is 1530. The van der Waals surface area contributed by atoms with Crippen LogP contribution in [-0.2, 0) is 0 Å². The van der Waals surface area contributed by atoms with Crippen LogP contribution in [0.3, 0.4) is 0 Å². The Hall–Kier alpha value is -4.68. The van der Waals surface area contributed by atoms with Crippen LogP contribution in [-0.4, -0.2) is 53.5 Å². The quantitative estimate of drug-likeness (QED) is 0.0734. The number of hydrogen-bond donors (Lipinski definition) is 7. The van der Waals surface area contributed by atoms with Gasteiger partial charge in [-0.1, -0.05) is 24.3 Å². The first-order valence-electron chi connectivity index (χ1n) is 10.0. The van der Waals surface area contributed by atoms with Gasteiger partial charge in [0.15, 0.2) is 22.8 Å². The summed E-state index contributed by atoms with van der Waals surface area (Å²) in [6.45, 7) is 0.831. The first-order valence-corrected chi connectivity index (χ1v) is 10.0. The van der Waals surface area contributed by atoms with Crippen LogP contribution in [0.1, 0.15) is 0 Å². The molecule has 13 heteroatoms. The van der Waals surface area contributed by atoms with Gasteiger partial charge in [-0.3, -0.25) is 39.8 Å².